The lowest BCUT2D eigenvalue weighted by Gasteiger charge is -2.22. The molecule has 1 fully saturated rings. The van der Waals surface area contributed by atoms with Crippen molar-refractivity contribution >= 4 is 29.1 Å². The molecule has 166 valence electrons. The largest absolute Gasteiger partial charge is 0.325 e. The monoisotopic (exact) mass is 452 g/mol. The summed E-state index contributed by atoms with van der Waals surface area (Å²) in [6, 6.07) is 8.93. The van der Waals surface area contributed by atoms with E-state index in [-0.39, 0.29) is 18.2 Å². The molecule has 2 unspecified atom stereocenters. The van der Waals surface area contributed by atoms with Crippen molar-refractivity contribution in [3.05, 3.63) is 80.8 Å². The van der Waals surface area contributed by atoms with E-state index in [1.807, 2.05) is 26.0 Å². The zero-order valence-corrected chi connectivity index (χ0v) is 19.1. The van der Waals surface area contributed by atoms with E-state index in [0.717, 1.165) is 28.9 Å². The number of hydrogen-bond donors (Lipinski definition) is 1. The molecule has 5 nitrogen and oxygen atoms in total. The van der Waals surface area contributed by atoms with Gasteiger partial charge in [0, 0.05) is 16.4 Å². The Kier molecular flexibility index (Phi) is 5.86. The summed E-state index contributed by atoms with van der Waals surface area (Å²) in [5.74, 6) is -1.02. The molecule has 1 aromatic heterocycles. The number of amides is 3. The third kappa shape index (κ3) is 3.93. The fraction of sp³-hybridized carbons (Fsp3) is 0.320. The van der Waals surface area contributed by atoms with Gasteiger partial charge in [0.2, 0.25) is 0 Å². The Bertz CT molecular complexity index is 1130. The van der Waals surface area contributed by atoms with Gasteiger partial charge in [0.05, 0.1) is 6.54 Å². The Hall–Kier alpha value is -3.06. The second-order valence-corrected chi connectivity index (χ2v) is 9.56. The van der Waals surface area contributed by atoms with E-state index in [1.54, 1.807) is 18.3 Å². The number of nitrogens with one attached hydrogen (secondary N) is 1. The van der Waals surface area contributed by atoms with Crippen molar-refractivity contribution in [2.45, 2.75) is 39.2 Å². The minimum Gasteiger partial charge on any atom is -0.319 e. The summed E-state index contributed by atoms with van der Waals surface area (Å²) in [5, 5.41) is 4.72. The van der Waals surface area contributed by atoms with Gasteiger partial charge < -0.3 is 5.32 Å². The van der Waals surface area contributed by atoms with Gasteiger partial charge in [0.25, 0.3) is 5.91 Å². The summed E-state index contributed by atoms with van der Waals surface area (Å²) >= 11 is 1.72. The number of benzene rings is 1. The quantitative estimate of drug-likeness (QED) is 0.617. The number of rotatable bonds is 7. The number of Topliss-reactive ketones (excluding diaryl/α,β-unsaturated/α-hetero) is 1. The van der Waals surface area contributed by atoms with Crippen molar-refractivity contribution in [2.75, 3.05) is 6.54 Å². The van der Waals surface area contributed by atoms with Gasteiger partial charge in [0.1, 0.15) is 11.4 Å². The summed E-state index contributed by atoms with van der Waals surface area (Å²) in [4.78, 5) is 41.0. The molecule has 2 heterocycles. The van der Waals surface area contributed by atoms with Crippen molar-refractivity contribution in [1.82, 2.24) is 10.2 Å². The minimum absolute atomic E-state index is 0.184. The Morgan fingerprint density at radius 2 is 1.91 bits per heavy atom. The van der Waals surface area contributed by atoms with Crippen LogP contribution < -0.4 is 5.32 Å². The van der Waals surface area contributed by atoms with Crippen LogP contribution in [0.5, 0.6) is 0 Å². The molecule has 32 heavy (non-hydrogen) atoms. The van der Waals surface area contributed by atoms with Crippen molar-refractivity contribution < 1.29 is 18.8 Å². The number of imide groups is 1. The Balaban J connectivity index is 1.49. The zero-order valence-electron chi connectivity index (χ0n) is 18.3. The zero-order chi connectivity index (χ0) is 23.0. The van der Waals surface area contributed by atoms with Gasteiger partial charge in [-0.2, -0.15) is 0 Å². The highest BCUT2D eigenvalue weighted by Crippen LogP contribution is 2.36. The Morgan fingerprint density at radius 1 is 1.19 bits per heavy atom. The van der Waals surface area contributed by atoms with Crippen LogP contribution in [-0.4, -0.2) is 29.2 Å². The van der Waals surface area contributed by atoms with Crippen LogP contribution in [0.3, 0.4) is 0 Å². The third-order valence-electron chi connectivity index (χ3n) is 6.43. The van der Waals surface area contributed by atoms with E-state index < -0.39 is 23.3 Å². The van der Waals surface area contributed by atoms with Crippen LogP contribution in [0.1, 0.15) is 37.6 Å². The van der Waals surface area contributed by atoms with Crippen LogP contribution >= 0.6 is 11.3 Å². The van der Waals surface area contributed by atoms with E-state index in [9.17, 15) is 18.8 Å². The number of thiophene rings is 1. The van der Waals surface area contributed by atoms with E-state index >= 15 is 0 Å². The number of carbonyl (C=O) groups excluding carboxylic acids is 3. The molecule has 1 aromatic carbocycles. The van der Waals surface area contributed by atoms with E-state index in [1.165, 1.54) is 29.1 Å². The first kappa shape index (κ1) is 22.1. The molecule has 0 radical (unpaired) electrons. The number of urea groups is 1. The van der Waals surface area contributed by atoms with Crippen LogP contribution in [0.25, 0.3) is 0 Å². The lowest BCUT2D eigenvalue weighted by atomic mass is 9.91. The highest BCUT2D eigenvalue weighted by molar-refractivity contribution is 7.09. The summed E-state index contributed by atoms with van der Waals surface area (Å²) in [5.41, 5.74) is 1.81. The maximum Gasteiger partial charge on any atom is 0.325 e. The molecule has 1 aliphatic heterocycles. The van der Waals surface area contributed by atoms with Crippen LogP contribution in [-0.2, 0) is 21.5 Å². The van der Waals surface area contributed by atoms with E-state index in [2.05, 4.69) is 16.8 Å². The van der Waals surface area contributed by atoms with Crippen LogP contribution in [0.15, 0.2) is 64.6 Å². The Morgan fingerprint density at radius 3 is 2.56 bits per heavy atom. The first-order valence-electron chi connectivity index (χ1n) is 10.6. The molecule has 2 aliphatic rings. The van der Waals surface area contributed by atoms with Crippen LogP contribution in [0.4, 0.5) is 9.18 Å². The number of aryl methyl sites for hydroxylation is 1. The molecular weight excluding hydrogens is 427 g/mol. The number of carbonyl (C=O) groups is 3. The number of allylic oxidation sites excluding steroid dienone is 3. The standard InChI is InChI=1S/C25H25FN2O3S/c1-15-13-21(16(2)20(15)11-10-19-5-4-12-32-19)22(29)14-28-23(30)25(3,27-24(28)31)17-6-8-18(26)9-7-17/h4-9,12-13,20H,10-11,14H2,1-3H3,(H,27,31). The first-order valence-corrected chi connectivity index (χ1v) is 11.4. The van der Waals surface area contributed by atoms with Crippen molar-refractivity contribution in [3.8, 4) is 0 Å². The van der Waals surface area contributed by atoms with Crippen LogP contribution in [0, 0.1) is 11.7 Å². The van der Waals surface area contributed by atoms with Gasteiger partial charge in [-0.25, -0.2) is 9.18 Å². The van der Waals surface area contributed by atoms with Gasteiger partial charge in [-0.3, -0.25) is 14.5 Å². The molecule has 3 amide bonds. The average molecular weight is 453 g/mol. The fourth-order valence-corrected chi connectivity index (χ4v) is 5.23. The molecule has 0 bridgehead atoms. The summed E-state index contributed by atoms with van der Waals surface area (Å²) in [6.45, 7) is 5.21. The lowest BCUT2D eigenvalue weighted by molar-refractivity contribution is -0.133. The van der Waals surface area contributed by atoms with Gasteiger partial charge >= 0.3 is 6.03 Å². The highest BCUT2D eigenvalue weighted by atomic mass is 32.1. The van der Waals surface area contributed by atoms with Crippen molar-refractivity contribution in [2.24, 2.45) is 5.92 Å². The second-order valence-electron chi connectivity index (χ2n) is 8.53. The predicted molar refractivity (Wildman–Crippen MR) is 122 cm³/mol. The number of hydrogen-bond acceptors (Lipinski definition) is 4. The smallest absolute Gasteiger partial charge is 0.319 e. The van der Waals surface area contributed by atoms with Gasteiger partial charge in [-0.1, -0.05) is 35.4 Å². The molecular formula is C25H25FN2O3S. The van der Waals surface area contributed by atoms with Gasteiger partial charge in [-0.15, -0.1) is 11.3 Å². The Labute approximate surface area is 190 Å². The third-order valence-corrected chi connectivity index (χ3v) is 7.36. The van der Waals surface area contributed by atoms with Gasteiger partial charge in [0.15, 0.2) is 5.78 Å². The molecule has 1 aliphatic carbocycles. The minimum atomic E-state index is -1.33. The second kappa shape index (κ2) is 8.47. The average Bonchev–Trinajstić information content (AvgIpc) is 3.42. The molecule has 7 heteroatoms. The number of ketones is 1. The number of nitrogens with zero attached hydrogens (tertiary/aromatic N) is 1. The maximum atomic E-state index is 13.3. The molecule has 2 atom stereocenters. The van der Waals surface area contributed by atoms with Gasteiger partial charge in [-0.05, 0) is 62.8 Å². The summed E-state index contributed by atoms with van der Waals surface area (Å²) < 4.78 is 13.3. The summed E-state index contributed by atoms with van der Waals surface area (Å²) in [7, 11) is 0. The van der Waals surface area contributed by atoms with Crippen molar-refractivity contribution in [3.63, 3.8) is 0 Å². The van der Waals surface area contributed by atoms with Crippen LogP contribution in [0.2, 0.25) is 0 Å². The molecule has 1 saturated heterocycles. The fourth-order valence-electron chi connectivity index (χ4n) is 4.51. The summed E-state index contributed by atoms with van der Waals surface area (Å²) in [6.07, 6.45) is 3.74. The van der Waals surface area contributed by atoms with E-state index in [4.69, 9.17) is 0 Å². The van der Waals surface area contributed by atoms with E-state index in [0.29, 0.717) is 11.1 Å². The highest BCUT2D eigenvalue weighted by Gasteiger charge is 2.49. The molecule has 2 aromatic rings. The first-order chi connectivity index (χ1) is 15.2. The normalized spacial score (nSPS) is 23.1. The molecule has 0 saturated carbocycles. The predicted octanol–water partition coefficient (Wildman–Crippen LogP) is 4.75. The lowest BCUT2D eigenvalue weighted by Crippen LogP contribution is -2.41. The van der Waals surface area contributed by atoms with Crippen molar-refractivity contribution in [1.29, 1.82) is 0 Å². The topological polar surface area (TPSA) is 66.5 Å². The number of halogens is 1. The maximum absolute atomic E-state index is 13.3. The molecule has 1 N–H and O–H groups in total. The SMILES string of the molecule is CC1=CC(C(=O)CN2C(=O)NC(C)(c3ccc(F)cc3)C2=O)=C(C)C1CCc1cccs1. The molecule has 0 spiro atoms. The molecule has 4 rings (SSSR count).